The van der Waals surface area contributed by atoms with Gasteiger partial charge in [0.1, 0.15) is 0 Å². The van der Waals surface area contributed by atoms with E-state index in [1.54, 1.807) is 12.2 Å². The quantitative estimate of drug-likeness (QED) is 0.362. The molecule has 1 aliphatic rings. The van der Waals surface area contributed by atoms with E-state index in [0.717, 1.165) is 18.3 Å². The molecule has 1 aliphatic carbocycles. The summed E-state index contributed by atoms with van der Waals surface area (Å²) in [6.45, 7) is 17.5. The Morgan fingerprint density at radius 1 is 1.25 bits per heavy atom. The maximum absolute atomic E-state index is 11.9. The molecule has 2 unspecified atom stereocenters. The molecule has 120 valence electrons. The fourth-order valence-corrected chi connectivity index (χ4v) is 1.55. The van der Waals surface area contributed by atoms with Crippen molar-refractivity contribution in [2.45, 2.75) is 74.1 Å². The second-order valence-electron chi connectivity index (χ2n) is 4.47. The highest BCUT2D eigenvalue weighted by atomic mass is 19.1. The first-order valence-corrected chi connectivity index (χ1v) is 8.21. The van der Waals surface area contributed by atoms with Gasteiger partial charge in [-0.05, 0) is 37.7 Å². The van der Waals surface area contributed by atoms with Crippen molar-refractivity contribution in [1.82, 2.24) is 0 Å². The maximum Gasteiger partial charge on any atom is 0.0968 e. The molecule has 0 bridgehead atoms. The van der Waals surface area contributed by atoms with Crippen LogP contribution in [-0.2, 0) is 0 Å². The zero-order valence-electron chi connectivity index (χ0n) is 14.9. The fourth-order valence-electron chi connectivity index (χ4n) is 1.55. The van der Waals surface area contributed by atoms with Crippen molar-refractivity contribution >= 4 is 0 Å². The van der Waals surface area contributed by atoms with Crippen molar-refractivity contribution in [3.8, 4) is 0 Å². The minimum Gasteiger partial charge on any atom is -0.212 e. The van der Waals surface area contributed by atoms with Gasteiger partial charge in [-0.1, -0.05) is 72.6 Å². The first kappa shape index (κ1) is 24.2. The summed E-state index contributed by atoms with van der Waals surface area (Å²) >= 11 is 0. The van der Waals surface area contributed by atoms with Gasteiger partial charge < -0.3 is 0 Å². The number of hydrogen-bond donors (Lipinski definition) is 0. The molecule has 0 N–H and O–H groups in total. The van der Waals surface area contributed by atoms with Crippen LogP contribution in [0.2, 0.25) is 0 Å². The lowest BCUT2D eigenvalue weighted by Gasteiger charge is -1.86. The monoisotopic (exact) mass is 284 g/mol. The molecule has 0 aliphatic heterocycles. The highest BCUT2D eigenvalue weighted by Gasteiger charge is 2.30. The molecule has 0 radical (unpaired) electrons. The third-order valence-electron chi connectivity index (χ3n) is 2.70. The van der Waals surface area contributed by atoms with E-state index in [1.165, 1.54) is 32.3 Å². The van der Waals surface area contributed by atoms with Gasteiger partial charge in [0.25, 0.3) is 0 Å². The largest absolute Gasteiger partial charge is 0.212 e. The van der Waals surface area contributed by atoms with Gasteiger partial charge in [-0.2, -0.15) is 0 Å². The van der Waals surface area contributed by atoms with Gasteiger partial charge in [-0.15, -0.1) is 6.58 Å². The van der Waals surface area contributed by atoms with Crippen molar-refractivity contribution in [3.05, 3.63) is 36.7 Å². The molecule has 1 fully saturated rings. The predicted octanol–water partition coefficient (Wildman–Crippen LogP) is 7.49. The van der Waals surface area contributed by atoms with E-state index in [4.69, 9.17) is 0 Å². The van der Waals surface area contributed by atoms with E-state index < -0.39 is 0 Å². The van der Waals surface area contributed by atoms with Crippen LogP contribution in [0.15, 0.2) is 36.7 Å². The lowest BCUT2D eigenvalue weighted by Crippen LogP contribution is -1.74. The maximum atomic E-state index is 11.9. The lowest BCUT2D eigenvalue weighted by molar-refractivity contribution is 0.640. The number of rotatable bonds is 5. The lowest BCUT2D eigenvalue weighted by atomic mass is 10.2. The summed E-state index contributed by atoms with van der Waals surface area (Å²) in [6.07, 6.45) is 11.9. The summed E-state index contributed by atoms with van der Waals surface area (Å²) in [7, 11) is 0. The summed E-state index contributed by atoms with van der Waals surface area (Å²) < 4.78 is 11.9. The van der Waals surface area contributed by atoms with Crippen LogP contribution < -0.4 is 0 Å². The predicted molar refractivity (Wildman–Crippen MR) is 93.7 cm³/mol. The second kappa shape index (κ2) is 20.5. The molecule has 0 amide bonds. The first-order valence-electron chi connectivity index (χ1n) is 8.21. The number of halogens is 1. The van der Waals surface area contributed by atoms with E-state index in [2.05, 4.69) is 20.4 Å². The van der Waals surface area contributed by atoms with Gasteiger partial charge in [0.15, 0.2) is 0 Å². The van der Waals surface area contributed by atoms with Crippen LogP contribution in [0.25, 0.3) is 0 Å². The van der Waals surface area contributed by atoms with Gasteiger partial charge in [-0.3, -0.25) is 0 Å². The molecule has 0 aromatic carbocycles. The standard InChI is InChI=1S/C8H11F.C7H14.2C2H6/c1-3-4-5-6-7-8(2)9;1-3-4-7-5-6(7)2;2*1-2/h3,5-7H,1,4H2,2H3;6-7H,3-5H2,1-2H3;2*1-2H3/b6-5-,8-7+;;;. The van der Waals surface area contributed by atoms with E-state index in [9.17, 15) is 4.39 Å². The zero-order chi connectivity index (χ0) is 16.4. The number of hydrogen-bond acceptors (Lipinski definition) is 0. The van der Waals surface area contributed by atoms with Crippen LogP contribution >= 0.6 is 0 Å². The minimum absolute atomic E-state index is 0.171. The van der Waals surface area contributed by atoms with Crippen LogP contribution in [-0.4, -0.2) is 0 Å². The average Bonchev–Trinajstić information content (AvgIpc) is 3.16. The van der Waals surface area contributed by atoms with Gasteiger partial charge in [0.2, 0.25) is 0 Å². The summed E-state index contributed by atoms with van der Waals surface area (Å²) in [5.74, 6) is 2.01. The molecular formula is C19H37F. The minimum atomic E-state index is -0.171. The van der Waals surface area contributed by atoms with Gasteiger partial charge >= 0.3 is 0 Å². The number of allylic oxidation sites excluding steroid dienone is 5. The van der Waals surface area contributed by atoms with Gasteiger partial charge in [0, 0.05) is 0 Å². The Balaban J connectivity index is -0.000000234. The highest BCUT2D eigenvalue weighted by Crippen LogP contribution is 2.40. The second-order valence-corrected chi connectivity index (χ2v) is 4.47. The normalized spacial score (nSPS) is 19.7. The van der Waals surface area contributed by atoms with E-state index in [1.807, 2.05) is 33.8 Å². The van der Waals surface area contributed by atoms with Crippen molar-refractivity contribution in [2.24, 2.45) is 11.8 Å². The van der Waals surface area contributed by atoms with Crippen LogP contribution in [0.3, 0.4) is 0 Å². The Bertz CT molecular complexity index is 234. The highest BCUT2D eigenvalue weighted by molar-refractivity contribution is 5.06. The average molecular weight is 285 g/mol. The zero-order valence-corrected chi connectivity index (χ0v) is 14.9. The van der Waals surface area contributed by atoms with Crippen molar-refractivity contribution < 1.29 is 4.39 Å². The van der Waals surface area contributed by atoms with Crippen LogP contribution in [0.1, 0.15) is 74.1 Å². The Morgan fingerprint density at radius 2 is 1.75 bits per heavy atom. The van der Waals surface area contributed by atoms with Crippen LogP contribution in [0, 0.1) is 11.8 Å². The molecule has 2 atom stereocenters. The smallest absolute Gasteiger partial charge is 0.0968 e. The Hall–Kier alpha value is -0.850. The molecule has 1 heteroatoms. The summed E-state index contributed by atoms with van der Waals surface area (Å²) in [5, 5.41) is 0. The third-order valence-corrected chi connectivity index (χ3v) is 2.70. The SMILES string of the molecule is C=CC/C=C\C=C(/C)F.CC.CC.CCCC1CC1C. The Labute approximate surface area is 127 Å². The molecule has 0 spiro atoms. The Morgan fingerprint density at radius 3 is 2.00 bits per heavy atom. The van der Waals surface area contributed by atoms with Crippen LogP contribution in [0.4, 0.5) is 4.39 Å². The molecule has 1 rings (SSSR count). The molecular weight excluding hydrogens is 247 g/mol. The van der Waals surface area contributed by atoms with E-state index >= 15 is 0 Å². The molecule has 0 aromatic heterocycles. The molecule has 0 heterocycles. The van der Waals surface area contributed by atoms with Gasteiger partial charge in [0.05, 0.1) is 5.83 Å². The van der Waals surface area contributed by atoms with Crippen molar-refractivity contribution in [1.29, 1.82) is 0 Å². The molecule has 0 nitrogen and oxygen atoms in total. The Kier molecular flexibility index (Phi) is 24.8. The van der Waals surface area contributed by atoms with Crippen LogP contribution in [0.5, 0.6) is 0 Å². The third kappa shape index (κ3) is 22.3. The summed E-state index contributed by atoms with van der Waals surface area (Å²) in [4.78, 5) is 0. The molecule has 0 aromatic rings. The van der Waals surface area contributed by atoms with Crippen molar-refractivity contribution in [3.63, 3.8) is 0 Å². The van der Waals surface area contributed by atoms with Crippen molar-refractivity contribution in [2.75, 3.05) is 0 Å². The first-order chi connectivity index (χ1) is 9.61. The molecule has 0 saturated heterocycles. The summed E-state index contributed by atoms with van der Waals surface area (Å²) in [6, 6.07) is 0. The molecule has 1 saturated carbocycles. The molecule has 20 heavy (non-hydrogen) atoms. The van der Waals surface area contributed by atoms with E-state index in [-0.39, 0.29) is 5.83 Å². The summed E-state index contributed by atoms with van der Waals surface area (Å²) in [5.41, 5.74) is 0. The van der Waals surface area contributed by atoms with E-state index in [0.29, 0.717) is 0 Å². The topological polar surface area (TPSA) is 0 Å². The fraction of sp³-hybridized carbons (Fsp3) is 0.684. The van der Waals surface area contributed by atoms with Gasteiger partial charge in [-0.25, -0.2) is 4.39 Å².